The molecule has 0 atom stereocenters. The van der Waals surface area contributed by atoms with Crippen LogP contribution in [0.5, 0.6) is 0 Å². The number of halogens is 2. The number of furan rings is 1. The van der Waals surface area contributed by atoms with Crippen LogP contribution in [0.2, 0.25) is 10.0 Å². The van der Waals surface area contributed by atoms with Crippen molar-refractivity contribution in [1.29, 1.82) is 0 Å². The fourth-order valence-corrected chi connectivity index (χ4v) is 3.51. The SMILES string of the molecule is O=C(Nc1cccc2ccccc12)C(=Cc1ccc(Cl)cc1Cl)NC(=O)c1ccco1. The maximum Gasteiger partial charge on any atom is 0.291 e. The van der Waals surface area contributed by atoms with E-state index < -0.39 is 11.8 Å². The normalized spacial score (nSPS) is 11.4. The summed E-state index contributed by atoms with van der Waals surface area (Å²) in [6.45, 7) is 0. The quantitative estimate of drug-likeness (QED) is 0.358. The molecular formula is C24H16Cl2N2O3. The van der Waals surface area contributed by atoms with Crippen LogP contribution < -0.4 is 10.6 Å². The Morgan fingerprint density at radius 2 is 1.71 bits per heavy atom. The molecule has 0 aliphatic carbocycles. The lowest BCUT2D eigenvalue weighted by atomic mass is 10.1. The maximum atomic E-state index is 13.2. The van der Waals surface area contributed by atoms with E-state index in [0.717, 1.165) is 10.8 Å². The Hall–Kier alpha value is -3.54. The number of hydrogen-bond acceptors (Lipinski definition) is 3. The Morgan fingerprint density at radius 3 is 2.48 bits per heavy atom. The third-order valence-electron chi connectivity index (χ3n) is 4.54. The Labute approximate surface area is 188 Å². The van der Waals surface area contributed by atoms with Gasteiger partial charge in [-0.15, -0.1) is 0 Å². The number of carbonyl (C=O) groups excluding carboxylic acids is 2. The van der Waals surface area contributed by atoms with Crippen molar-refractivity contribution in [1.82, 2.24) is 5.32 Å². The molecule has 2 amide bonds. The predicted octanol–water partition coefficient (Wildman–Crippen LogP) is 6.15. The van der Waals surface area contributed by atoms with Crippen molar-refractivity contribution in [3.63, 3.8) is 0 Å². The molecule has 4 rings (SSSR count). The third kappa shape index (κ3) is 4.79. The number of hydrogen-bond donors (Lipinski definition) is 2. The molecule has 4 aromatic rings. The lowest BCUT2D eigenvalue weighted by molar-refractivity contribution is -0.113. The van der Waals surface area contributed by atoms with Gasteiger partial charge in [0.2, 0.25) is 0 Å². The zero-order valence-electron chi connectivity index (χ0n) is 16.1. The molecule has 31 heavy (non-hydrogen) atoms. The molecule has 1 heterocycles. The summed E-state index contributed by atoms with van der Waals surface area (Å²) in [5, 5.41) is 8.12. The molecule has 7 heteroatoms. The molecule has 2 N–H and O–H groups in total. The monoisotopic (exact) mass is 450 g/mol. The van der Waals surface area contributed by atoms with Gasteiger partial charge in [-0.05, 0) is 47.4 Å². The molecular weight excluding hydrogens is 435 g/mol. The second-order valence-corrected chi connectivity index (χ2v) is 7.48. The van der Waals surface area contributed by atoms with Gasteiger partial charge in [-0.1, -0.05) is 65.7 Å². The van der Waals surface area contributed by atoms with E-state index in [-0.39, 0.29) is 11.5 Å². The molecule has 1 aromatic heterocycles. The molecule has 0 radical (unpaired) electrons. The highest BCUT2D eigenvalue weighted by atomic mass is 35.5. The number of carbonyl (C=O) groups is 2. The largest absolute Gasteiger partial charge is 0.459 e. The summed E-state index contributed by atoms with van der Waals surface area (Å²) in [6.07, 6.45) is 2.87. The van der Waals surface area contributed by atoms with Crippen LogP contribution >= 0.6 is 23.2 Å². The Balaban J connectivity index is 1.69. The van der Waals surface area contributed by atoms with Crippen molar-refractivity contribution in [2.75, 3.05) is 5.32 Å². The molecule has 0 unspecified atom stereocenters. The summed E-state index contributed by atoms with van der Waals surface area (Å²) in [7, 11) is 0. The minimum atomic E-state index is -0.561. The molecule has 154 valence electrons. The average Bonchev–Trinajstić information content (AvgIpc) is 3.30. The number of nitrogens with one attached hydrogen (secondary N) is 2. The predicted molar refractivity (Wildman–Crippen MR) is 123 cm³/mol. The molecule has 0 fully saturated rings. The zero-order valence-corrected chi connectivity index (χ0v) is 17.6. The summed E-state index contributed by atoms with van der Waals surface area (Å²) < 4.78 is 5.13. The summed E-state index contributed by atoms with van der Waals surface area (Å²) >= 11 is 12.2. The molecule has 0 saturated heterocycles. The third-order valence-corrected chi connectivity index (χ3v) is 5.10. The van der Waals surface area contributed by atoms with Crippen molar-refractivity contribution >= 4 is 57.6 Å². The summed E-state index contributed by atoms with van der Waals surface area (Å²) in [4.78, 5) is 25.7. The topological polar surface area (TPSA) is 71.3 Å². The molecule has 0 bridgehead atoms. The summed E-state index contributed by atoms with van der Waals surface area (Å²) in [6, 6.07) is 21.2. The molecule has 3 aromatic carbocycles. The van der Waals surface area contributed by atoms with E-state index >= 15 is 0 Å². The van der Waals surface area contributed by atoms with E-state index in [1.54, 1.807) is 30.3 Å². The van der Waals surface area contributed by atoms with Crippen LogP contribution in [-0.4, -0.2) is 11.8 Å². The Kier molecular flexibility index (Phi) is 6.07. The highest BCUT2D eigenvalue weighted by Gasteiger charge is 2.18. The highest BCUT2D eigenvalue weighted by Crippen LogP contribution is 2.25. The van der Waals surface area contributed by atoms with Gasteiger partial charge in [-0.25, -0.2) is 0 Å². The second-order valence-electron chi connectivity index (χ2n) is 6.64. The second kappa shape index (κ2) is 9.08. The van der Waals surface area contributed by atoms with Crippen molar-refractivity contribution < 1.29 is 14.0 Å². The van der Waals surface area contributed by atoms with Gasteiger partial charge in [0, 0.05) is 21.1 Å². The minimum absolute atomic E-state index is 0.00134. The van der Waals surface area contributed by atoms with Crippen LogP contribution in [0.25, 0.3) is 16.8 Å². The first kappa shape index (κ1) is 20.7. The van der Waals surface area contributed by atoms with Crippen LogP contribution in [-0.2, 0) is 4.79 Å². The molecule has 0 aliphatic heterocycles. The average molecular weight is 451 g/mol. The standard InChI is InChI=1S/C24H16Cl2N2O3/c25-17-11-10-16(19(26)14-17)13-21(28-24(30)22-9-4-12-31-22)23(29)27-20-8-3-6-15-5-1-2-7-18(15)20/h1-14H,(H,27,29)(H,28,30). The lowest BCUT2D eigenvalue weighted by Crippen LogP contribution is -2.30. The Morgan fingerprint density at radius 1 is 0.903 bits per heavy atom. The van der Waals surface area contributed by atoms with Crippen LogP contribution in [0.4, 0.5) is 5.69 Å². The molecule has 0 spiro atoms. The van der Waals surface area contributed by atoms with Gasteiger partial charge in [-0.2, -0.15) is 0 Å². The first-order valence-corrected chi connectivity index (χ1v) is 10.1. The van der Waals surface area contributed by atoms with E-state index in [2.05, 4.69) is 10.6 Å². The maximum absolute atomic E-state index is 13.2. The fourth-order valence-electron chi connectivity index (χ4n) is 3.05. The number of anilines is 1. The van der Waals surface area contributed by atoms with E-state index in [4.69, 9.17) is 27.6 Å². The van der Waals surface area contributed by atoms with Crippen molar-refractivity contribution in [3.8, 4) is 0 Å². The van der Waals surface area contributed by atoms with Gasteiger partial charge in [0.05, 0.1) is 6.26 Å². The van der Waals surface area contributed by atoms with E-state index in [0.29, 0.717) is 21.3 Å². The zero-order chi connectivity index (χ0) is 21.8. The highest BCUT2D eigenvalue weighted by molar-refractivity contribution is 6.35. The smallest absolute Gasteiger partial charge is 0.291 e. The van der Waals surface area contributed by atoms with E-state index in [1.807, 2.05) is 36.4 Å². The first-order chi connectivity index (χ1) is 15.0. The van der Waals surface area contributed by atoms with Crippen LogP contribution in [0.3, 0.4) is 0 Å². The molecule has 5 nitrogen and oxygen atoms in total. The number of rotatable bonds is 5. The minimum Gasteiger partial charge on any atom is -0.459 e. The van der Waals surface area contributed by atoms with Gasteiger partial charge in [0.15, 0.2) is 5.76 Å². The van der Waals surface area contributed by atoms with Crippen LogP contribution in [0.1, 0.15) is 16.1 Å². The number of fused-ring (bicyclic) bond motifs is 1. The first-order valence-electron chi connectivity index (χ1n) is 9.32. The molecule has 0 saturated carbocycles. The summed E-state index contributed by atoms with van der Waals surface area (Å²) in [5.74, 6) is -0.997. The fraction of sp³-hybridized carbons (Fsp3) is 0. The van der Waals surface area contributed by atoms with Crippen LogP contribution in [0, 0.1) is 0 Å². The molecule has 0 aliphatic rings. The lowest BCUT2D eigenvalue weighted by Gasteiger charge is -2.12. The summed E-state index contributed by atoms with van der Waals surface area (Å²) in [5.41, 5.74) is 1.14. The van der Waals surface area contributed by atoms with E-state index in [9.17, 15) is 9.59 Å². The van der Waals surface area contributed by atoms with Gasteiger partial charge in [-0.3, -0.25) is 9.59 Å². The van der Waals surface area contributed by atoms with Crippen molar-refractivity contribution in [2.45, 2.75) is 0 Å². The van der Waals surface area contributed by atoms with Crippen LogP contribution in [0.15, 0.2) is 89.2 Å². The van der Waals surface area contributed by atoms with Gasteiger partial charge in [0.1, 0.15) is 5.70 Å². The Bertz CT molecular complexity index is 1290. The van der Waals surface area contributed by atoms with E-state index in [1.165, 1.54) is 18.4 Å². The van der Waals surface area contributed by atoms with Crippen molar-refractivity contribution in [2.24, 2.45) is 0 Å². The number of benzene rings is 3. The van der Waals surface area contributed by atoms with Gasteiger partial charge in [0.25, 0.3) is 11.8 Å². The van der Waals surface area contributed by atoms with Gasteiger partial charge >= 0.3 is 0 Å². The van der Waals surface area contributed by atoms with Crippen molar-refractivity contribution in [3.05, 3.63) is 106 Å². The van der Waals surface area contributed by atoms with Gasteiger partial charge < -0.3 is 15.1 Å². The number of amides is 2.